The number of amides is 1. The molecular formula is C19H19FN4O2. The molecule has 7 heteroatoms. The van der Waals surface area contributed by atoms with Crippen LogP contribution in [-0.2, 0) is 4.79 Å². The predicted octanol–water partition coefficient (Wildman–Crippen LogP) is 3.17. The van der Waals surface area contributed by atoms with Crippen LogP contribution in [0.5, 0.6) is 5.75 Å². The van der Waals surface area contributed by atoms with E-state index < -0.39 is 17.8 Å². The third-order valence-electron chi connectivity index (χ3n) is 4.04. The van der Waals surface area contributed by atoms with Crippen LogP contribution in [0, 0.1) is 12.7 Å². The van der Waals surface area contributed by atoms with Gasteiger partial charge in [0, 0.05) is 23.4 Å². The van der Waals surface area contributed by atoms with Crippen LogP contribution < -0.4 is 15.8 Å². The standard InChI is InChI=1S/C19H19FN4O2/c1-11-4-3-5-12(6-11)18(21)19(25)24-16-8-17(26-2)14(7-15(16)20)13-9-22-23-10-13/h3-10,18H,21H2,1-2H3,(H,22,23)(H,24,25)/t18-/m1/s1. The molecule has 1 heterocycles. The number of nitrogens with one attached hydrogen (secondary N) is 2. The number of aromatic amines is 1. The predicted molar refractivity (Wildman–Crippen MR) is 97.3 cm³/mol. The average Bonchev–Trinajstić information content (AvgIpc) is 3.16. The highest BCUT2D eigenvalue weighted by Crippen LogP contribution is 2.34. The van der Waals surface area contributed by atoms with Crippen LogP contribution in [0.2, 0.25) is 0 Å². The number of nitrogens with two attached hydrogens (primary N) is 1. The Morgan fingerprint density at radius 2 is 2.15 bits per heavy atom. The first-order valence-corrected chi connectivity index (χ1v) is 7.99. The average molecular weight is 354 g/mol. The summed E-state index contributed by atoms with van der Waals surface area (Å²) in [5, 5.41) is 9.05. The molecule has 1 atom stereocenters. The second-order valence-corrected chi connectivity index (χ2v) is 5.90. The first-order chi connectivity index (χ1) is 12.5. The molecule has 0 saturated carbocycles. The smallest absolute Gasteiger partial charge is 0.245 e. The molecule has 6 nitrogen and oxygen atoms in total. The number of aryl methyl sites for hydroxylation is 1. The van der Waals surface area contributed by atoms with E-state index >= 15 is 0 Å². The van der Waals surface area contributed by atoms with Crippen molar-refractivity contribution in [1.82, 2.24) is 10.2 Å². The third-order valence-corrected chi connectivity index (χ3v) is 4.04. The number of aromatic nitrogens is 2. The molecule has 0 aliphatic carbocycles. The van der Waals surface area contributed by atoms with Gasteiger partial charge in [-0.05, 0) is 18.6 Å². The number of carbonyl (C=O) groups excluding carboxylic acids is 1. The van der Waals surface area contributed by atoms with Gasteiger partial charge in [0.05, 0.1) is 19.0 Å². The van der Waals surface area contributed by atoms with Crippen LogP contribution in [0.1, 0.15) is 17.2 Å². The number of carbonyl (C=O) groups is 1. The SMILES string of the molecule is COc1cc(NC(=O)[C@H](N)c2cccc(C)c2)c(F)cc1-c1cn[nH]c1. The minimum atomic E-state index is -0.908. The number of rotatable bonds is 5. The van der Waals surface area contributed by atoms with Gasteiger partial charge in [0.2, 0.25) is 5.91 Å². The Labute approximate surface area is 150 Å². The Bertz CT molecular complexity index is 925. The Morgan fingerprint density at radius 3 is 2.81 bits per heavy atom. The monoisotopic (exact) mass is 354 g/mol. The Balaban J connectivity index is 1.86. The highest BCUT2D eigenvalue weighted by molar-refractivity contribution is 5.96. The summed E-state index contributed by atoms with van der Waals surface area (Å²) in [6.45, 7) is 1.91. The van der Waals surface area contributed by atoms with E-state index in [0.717, 1.165) is 5.56 Å². The summed E-state index contributed by atoms with van der Waals surface area (Å²) in [7, 11) is 1.47. The van der Waals surface area contributed by atoms with Crippen molar-refractivity contribution in [2.75, 3.05) is 12.4 Å². The van der Waals surface area contributed by atoms with Crippen LogP contribution in [0.25, 0.3) is 11.1 Å². The van der Waals surface area contributed by atoms with E-state index in [0.29, 0.717) is 22.4 Å². The van der Waals surface area contributed by atoms with Crippen LogP contribution in [0.4, 0.5) is 10.1 Å². The Morgan fingerprint density at radius 1 is 1.35 bits per heavy atom. The molecular weight excluding hydrogens is 335 g/mol. The van der Waals surface area contributed by atoms with Crippen molar-refractivity contribution < 1.29 is 13.9 Å². The molecule has 1 aromatic heterocycles. The van der Waals surface area contributed by atoms with E-state index in [1.165, 1.54) is 19.2 Å². The molecule has 26 heavy (non-hydrogen) atoms. The summed E-state index contributed by atoms with van der Waals surface area (Å²) >= 11 is 0. The van der Waals surface area contributed by atoms with Gasteiger partial charge >= 0.3 is 0 Å². The summed E-state index contributed by atoms with van der Waals surface area (Å²) in [6.07, 6.45) is 3.19. The molecule has 2 aromatic carbocycles. The second kappa shape index (κ2) is 7.37. The second-order valence-electron chi connectivity index (χ2n) is 5.90. The summed E-state index contributed by atoms with van der Waals surface area (Å²) in [5.41, 5.74) is 8.86. The number of H-pyrrole nitrogens is 1. The van der Waals surface area contributed by atoms with E-state index in [9.17, 15) is 9.18 Å². The van der Waals surface area contributed by atoms with Crippen molar-refractivity contribution in [1.29, 1.82) is 0 Å². The largest absolute Gasteiger partial charge is 0.496 e. The van der Waals surface area contributed by atoms with Crippen molar-refractivity contribution >= 4 is 11.6 Å². The fourth-order valence-corrected chi connectivity index (χ4v) is 2.67. The Kier molecular flexibility index (Phi) is 4.99. The zero-order chi connectivity index (χ0) is 18.7. The maximum absolute atomic E-state index is 14.5. The van der Waals surface area contributed by atoms with Gasteiger partial charge in [-0.15, -0.1) is 0 Å². The topological polar surface area (TPSA) is 93.0 Å². The highest BCUT2D eigenvalue weighted by Gasteiger charge is 2.19. The van der Waals surface area contributed by atoms with Gasteiger partial charge in [-0.1, -0.05) is 29.8 Å². The van der Waals surface area contributed by atoms with Gasteiger partial charge < -0.3 is 15.8 Å². The Hall–Kier alpha value is -3.19. The molecule has 0 fully saturated rings. The zero-order valence-electron chi connectivity index (χ0n) is 14.4. The summed E-state index contributed by atoms with van der Waals surface area (Å²) in [5.74, 6) is -0.688. The van der Waals surface area contributed by atoms with Gasteiger partial charge in [0.1, 0.15) is 17.6 Å². The van der Waals surface area contributed by atoms with E-state index in [1.54, 1.807) is 18.5 Å². The molecule has 0 spiro atoms. The van der Waals surface area contributed by atoms with Crippen LogP contribution >= 0.6 is 0 Å². The molecule has 3 rings (SSSR count). The number of hydrogen-bond acceptors (Lipinski definition) is 4. The number of halogens is 1. The fraction of sp³-hybridized carbons (Fsp3) is 0.158. The van der Waals surface area contributed by atoms with E-state index in [1.807, 2.05) is 25.1 Å². The highest BCUT2D eigenvalue weighted by atomic mass is 19.1. The van der Waals surface area contributed by atoms with Crippen LogP contribution in [0.15, 0.2) is 48.8 Å². The minimum absolute atomic E-state index is 0.00204. The van der Waals surface area contributed by atoms with Gasteiger partial charge in [0.15, 0.2) is 0 Å². The van der Waals surface area contributed by atoms with Gasteiger partial charge in [-0.2, -0.15) is 5.10 Å². The van der Waals surface area contributed by atoms with Crippen LogP contribution in [-0.4, -0.2) is 23.2 Å². The minimum Gasteiger partial charge on any atom is -0.496 e. The van der Waals surface area contributed by atoms with E-state index in [4.69, 9.17) is 10.5 Å². The number of anilines is 1. The van der Waals surface area contributed by atoms with E-state index in [-0.39, 0.29) is 5.69 Å². The molecule has 134 valence electrons. The van der Waals surface area contributed by atoms with Gasteiger partial charge in [-0.3, -0.25) is 9.89 Å². The fourth-order valence-electron chi connectivity index (χ4n) is 2.67. The number of methoxy groups -OCH3 is 1. The molecule has 0 saturated heterocycles. The van der Waals surface area contributed by atoms with Crippen molar-refractivity contribution in [3.63, 3.8) is 0 Å². The lowest BCUT2D eigenvalue weighted by molar-refractivity contribution is -0.117. The van der Waals surface area contributed by atoms with Crippen LogP contribution in [0.3, 0.4) is 0 Å². The maximum Gasteiger partial charge on any atom is 0.245 e. The molecule has 0 bridgehead atoms. The molecule has 1 amide bonds. The number of ether oxygens (including phenoxy) is 1. The zero-order valence-corrected chi connectivity index (χ0v) is 14.4. The lowest BCUT2D eigenvalue weighted by Gasteiger charge is -2.15. The summed E-state index contributed by atoms with van der Waals surface area (Å²) in [4.78, 5) is 12.4. The van der Waals surface area contributed by atoms with Gasteiger partial charge in [0.25, 0.3) is 0 Å². The first-order valence-electron chi connectivity index (χ1n) is 7.99. The molecule has 3 aromatic rings. The third kappa shape index (κ3) is 3.57. The number of hydrogen-bond donors (Lipinski definition) is 3. The lowest BCUT2D eigenvalue weighted by Crippen LogP contribution is -2.28. The van der Waals surface area contributed by atoms with Crippen molar-refractivity contribution in [3.8, 4) is 16.9 Å². The quantitative estimate of drug-likeness (QED) is 0.656. The first kappa shape index (κ1) is 17.6. The molecule has 0 radical (unpaired) electrons. The van der Waals surface area contributed by atoms with Gasteiger partial charge in [-0.25, -0.2) is 4.39 Å². The number of nitrogens with zero attached hydrogens (tertiary/aromatic N) is 1. The molecule has 0 unspecified atom stereocenters. The summed E-state index contributed by atoms with van der Waals surface area (Å²) in [6, 6.07) is 9.12. The van der Waals surface area contributed by atoms with Crippen molar-refractivity contribution in [3.05, 3.63) is 65.7 Å². The maximum atomic E-state index is 14.5. The normalized spacial score (nSPS) is 11.8. The lowest BCUT2D eigenvalue weighted by atomic mass is 10.0. The molecule has 4 N–H and O–H groups in total. The molecule has 0 aliphatic rings. The summed E-state index contributed by atoms with van der Waals surface area (Å²) < 4.78 is 19.8. The molecule has 0 aliphatic heterocycles. The van der Waals surface area contributed by atoms with Crippen molar-refractivity contribution in [2.24, 2.45) is 5.73 Å². The van der Waals surface area contributed by atoms with Crippen molar-refractivity contribution in [2.45, 2.75) is 13.0 Å². The van der Waals surface area contributed by atoms with E-state index in [2.05, 4.69) is 15.5 Å². The number of benzene rings is 2.